The largest absolute Gasteiger partial charge is 0.354 e. The van der Waals surface area contributed by atoms with Crippen LogP contribution in [0.25, 0.3) is 0 Å². The first-order valence-electron chi connectivity index (χ1n) is 5.39. The highest BCUT2D eigenvalue weighted by atomic mass is 35.5. The van der Waals surface area contributed by atoms with E-state index in [-0.39, 0.29) is 29.7 Å². The first kappa shape index (κ1) is 15.2. The summed E-state index contributed by atoms with van der Waals surface area (Å²) in [5.74, 6) is -0.164. The third kappa shape index (κ3) is 5.95. The Balaban J connectivity index is 3.86. The van der Waals surface area contributed by atoms with Crippen molar-refractivity contribution >= 4 is 23.4 Å². The van der Waals surface area contributed by atoms with Gasteiger partial charge < -0.3 is 10.6 Å². The van der Waals surface area contributed by atoms with Crippen LogP contribution in [0.3, 0.4) is 0 Å². The molecule has 0 aliphatic carbocycles. The number of nitrogens with one attached hydrogen (secondary N) is 2. The monoisotopic (exact) mass is 248 g/mol. The lowest BCUT2D eigenvalue weighted by Gasteiger charge is -2.29. The number of alkyl halides is 1. The average Bonchev–Trinajstić information content (AvgIpc) is 2.22. The molecule has 16 heavy (non-hydrogen) atoms. The molecule has 0 aromatic heterocycles. The molecular formula is C11H21ClN2O2. The van der Waals surface area contributed by atoms with Crippen LogP contribution in [0.15, 0.2) is 0 Å². The van der Waals surface area contributed by atoms with E-state index in [1.165, 1.54) is 0 Å². The van der Waals surface area contributed by atoms with E-state index in [1.807, 2.05) is 0 Å². The molecule has 0 radical (unpaired) electrons. The van der Waals surface area contributed by atoms with Gasteiger partial charge in [0.1, 0.15) is 5.88 Å². The number of carbonyl (C=O) groups excluding carboxylic acids is 2. The molecule has 2 amide bonds. The fourth-order valence-corrected chi connectivity index (χ4v) is 0.914. The van der Waals surface area contributed by atoms with E-state index >= 15 is 0 Å². The van der Waals surface area contributed by atoms with Gasteiger partial charge in [0.25, 0.3) is 0 Å². The number of carbonyl (C=O) groups is 2. The smallest absolute Gasteiger partial charge is 0.239 e. The maximum atomic E-state index is 11.4. The number of hydrogen-bond donors (Lipinski definition) is 2. The Bertz CT molecular complexity index is 252. The minimum atomic E-state index is -0.333. The van der Waals surface area contributed by atoms with E-state index < -0.39 is 0 Å². The van der Waals surface area contributed by atoms with Crippen molar-refractivity contribution in [2.45, 2.75) is 27.7 Å². The van der Waals surface area contributed by atoms with E-state index in [1.54, 1.807) is 0 Å². The SMILES string of the molecule is CC(C)C(C)(C)CNC(=O)CNC(=O)CCl. The van der Waals surface area contributed by atoms with Crippen LogP contribution in [0.5, 0.6) is 0 Å². The lowest BCUT2D eigenvalue weighted by Crippen LogP contribution is -2.42. The van der Waals surface area contributed by atoms with Crippen molar-refractivity contribution in [3.63, 3.8) is 0 Å². The summed E-state index contributed by atoms with van der Waals surface area (Å²) in [6, 6.07) is 0. The molecule has 0 atom stereocenters. The van der Waals surface area contributed by atoms with Crippen molar-refractivity contribution < 1.29 is 9.59 Å². The van der Waals surface area contributed by atoms with Crippen LogP contribution in [0, 0.1) is 11.3 Å². The van der Waals surface area contributed by atoms with Gasteiger partial charge in [-0.3, -0.25) is 9.59 Å². The highest BCUT2D eigenvalue weighted by Gasteiger charge is 2.22. The molecule has 0 unspecified atom stereocenters. The fourth-order valence-electron chi connectivity index (χ4n) is 0.819. The Morgan fingerprint density at radius 3 is 2.19 bits per heavy atom. The third-order valence-electron chi connectivity index (χ3n) is 2.87. The topological polar surface area (TPSA) is 58.2 Å². The minimum absolute atomic E-state index is 0.0142. The molecule has 0 rings (SSSR count). The van der Waals surface area contributed by atoms with Crippen LogP contribution in [0.2, 0.25) is 0 Å². The second-order valence-electron chi connectivity index (χ2n) is 4.83. The third-order valence-corrected chi connectivity index (χ3v) is 3.11. The van der Waals surface area contributed by atoms with E-state index in [0.717, 1.165) is 0 Å². The molecule has 0 fully saturated rings. The van der Waals surface area contributed by atoms with Crippen LogP contribution in [0.1, 0.15) is 27.7 Å². The molecular weight excluding hydrogens is 228 g/mol. The van der Waals surface area contributed by atoms with Crippen molar-refractivity contribution in [3.8, 4) is 0 Å². The highest BCUT2D eigenvalue weighted by Crippen LogP contribution is 2.24. The van der Waals surface area contributed by atoms with Crippen molar-refractivity contribution in [1.29, 1.82) is 0 Å². The highest BCUT2D eigenvalue weighted by molar-refractivity contribution is 6.27. The Labute approximate surface area is 102 Å². The quantitative estimate of drug-likeness (QED) is 0.693. The molecule has 2 N–H and O–H groups in total. The normalized spacial score (nSPS) is 11.4. The predicted molar refractivity (Wildman–Crippen MR) is 65.4 cm³/mol. The molecule has 0 aromatic carbocycles. The molecule has 0 heterocycles. The van der Waals surface area contributed by atoms with Gasteiger partial charge in [-0.15, -0.1) is 11.6 Å². The van der Waals surface area contributed by atoms with Crippen LogP contribution in [-0.2, 0) is 9.59 Å². The summed E-state index contributed by atoms with van der Waals surface area (Å²) in [7, 11) is 0. The summed E-state index contributed by atoms with van der Waals surface area (Å²) in [4.78, 5) is 22.2. The van der Waals surface area contributed by atoms with E-state index in [4.69, 9.17) is 11.6 Å². The van der Waals surface area contributed by atoms with Crippen LogP contribution in [-0.4, -0.2) is 30.8 Å². The van der Waals surface area contributed by atoms with E-state index in [0.29, 0.717) is 12.5 Å². The van der Waals surface area contributed by atoms with Gasteiger partial charge >= 0.3 is 0 Å². The second-order valence-corrected chi connectivity index (χ2v) is 5.10. The first-order valence-corrected chi connectivity index (χ1v) is 5.92. The molecule has 94 valence electrons. The van der Waals surface area contributed by atoms with Gasteiger partial charge in [0.05, 0.1) is 6.54 Å². The summed E-state index contributed by atoms with van der Waals surface area (Å²) in [6.45, 7) is 8.99. The summed E-state index contributed by atoms with van der Waals surface area (Å²) in [6.07, 6.45) is 0. The van der Waals surface area contributed by atoms with Crippen LogP contribution in [0.4, 0.5) is 0 Å². The summed E-state index contributed by atoms with van der Waals surface area (Å²) in [5, 5.41) is 5.20. The van der Waals surface area contributed by atoms with Gasteiger partial charge in [-0.2, -0.15) is 0 Å². The van der Waals surface area contributed by atoms with Crippen molar-refractivity contribution in [1.82, 2.24) is 10.6 Å². The zero-order valence-corrected chi connectivity index (χ0v) is 11.1. The predicted octanol–water partition coefficient (Wildman–Crippen LogP) is 1.14. The van der Waals surface area contributed by atoms with Gasteiger partial charge in [0, 0.05) is 6.54 Å². The lowest BCUT2D eigenvalue weighted by molar-refractivity contribution is -0.125. The first-order chi connectivity index (χ1) is 7.29. The van der Waals surface area contributed by atoms with Gasteiger partial charge in [0.15, 0.2) is 0 Å². The van der Waals surface area contributed by atoms with Crippen LogP contribution < -0.4 is 10.6 Å². The van der Waals surface area contributed by atoms with Crippen LogP contribution >= 0.6 is 11.6 Å². The number of amides is 2. The zero-order chi connectivity index (χ0) is 12.8. The Morgan fingerprint density at radius 2 is 1.75 bits per heavy atom. The molecule has 0 aliphatic heterocycles. The summed E-state index contributed by atoms with van der Waals surface area (Å²) < 4.78 is 0. The lowest BCUT2D eigenvalue weighted by atomic mass is 9.81. The average molecular weight is 249 g/mol. The van der Waals surface area contributed by atoms with Gasteiger partial charge in [-0.05, 0) is 11.3 Å². The summed E-state index contributed by atoms with van der Waals surface area (Å²) >= 11 is 5.28. The fraction of sp³-hybridized carbons (Fsp3) is 0.818. The second kappa shape index (κ2) is 6.74. The number of hydrogen-bond acceptors (Lipinski definition) is 2. The van der Waals surface area contributed by atoms with Crippen molar-refractivity contribution in [3.05, 3.63) is 0 Å². The molecule has 0 saturated heterocycles. The zero-order valence-electron chi connectivity index (χ0n) is 10.4. The molecule has 0 aromatic rings. The van der Waals surface area contributed by atoms with Crippen molar-refractivity contribution in [2.24, 2.45) is 11.3 Å². The van der Waals surface area contributed by atoms with Gasteiger partial charge in [-0.1, -0.05) is 27.7 Å². The van der Waals surface area contributed by atoms with Gasteiger partial charge in [-0.25, -0.2) is 0 Å². The molecule has 0 saturated carbocycles. The number of halogens is 1. The maximum absolute atomic E-state index is 11.4. The molecule has 0 aliphatic rings. The Hall–Kier alpha value is -0.770. The molecule has 5 heteroatoms. The van der Waals surface area contributed by atoms with E-state index in [9.17, 15) is 9.59 Å². The molecule has 0 spiro atoms. The summed E-state index contributed by atoms with van der Waals surface area (Å²) in [5.41, 5.74) is 0.0478. The minimum Gasteiger partial charge on any atom is -0.354 e. The van der Waals surface area contributed by atoms with Gasteiger partial charge in [0.2, 0.25) is 11.8 Å². The maximum Gasteiger partial charge on any atom is 0.239 e. The molecule has 0 bridgehead atoms. The van der Waals surface area contributed by atoms with Crippen molar-refractivity contribution in [2.75, 3.05) is 19.0 Å². The molecule has 4 nitrogen and oxygen atoms in total. The van der Waals surface area contributed by atoms with E-state index in [2.05, 4.69) is 38.3 Å². The standard InChI is InChI=1S/C11H21ClN2O2/c1-8(2)11(3,4)7-14-10(16)6-13-9(15)5-12/h8H,5-7H2,1-4H3,(H,13,15)(H,14,16). The number of rotatable bonds is 6. The Kier molecular flexibility index (Phi) is 6.41. The Morgan fingerprint density at radius 1 is 1.19 bits per heavy atom.